The topological polar surface area (TPSA) is 16.2 Å². The third-order valence-corrected chi connectivity index (χ3v) is 13.1. The molecule has 0 bridgehead atoms. The molecule has 67 heavy (non-hydrogen) atoms. The smallest absolute Gasteiger partial charge is 0.0703 e. The zero-order chi connectivity index (χ0) is 45.9. The van der Waals surface area contributed by atoms with Crippen LogP contribution in [0.2, 0.25) is 0 Å². The Morgan fingerprint density at radius 1 is 0.254 bits per heavy atom. The molecule has 0 N–H and O–H groups in total. The Morgan fingerprint density at radius 3 is 0.776 bits per heavy atom. The first-order chi connectivity index (χ1) is 32.5. The van der Waals surface area contributed by atoms with E-state index in [1.807, 2.05) is 0 Å². The summed E-state index contributed by atoms with van der Waals surface area (Å²) in [4.78, 5) is 12.1. The van der Waals surface area contributed by atoms with E-state index in [0.29, 0.717) is 0 Å². The number of hydrogen-bond acceptors (Lipinski definition) is 5. The van der Waals surface area contributed by atoms with Gasteiger partial charge in [-0.1, -0.05) is 151 Å². The zero-order valence-electron chi connectivity index (χ0n) is 39.1. The predicted octanol–water partition coefficient (Wildman–Crippen LogP) is 18.3. The maximum Gasteiger partial charge on any atom is 0.0703 e. The Kier molecular flexibility index (Phi) is 10.2. The first kappa shape index (κ1) is 41.7. The average Bonchev–Trinajstić information content (AvgIpc) is 3.35. The van der Waals surface area contributed by atoms with Crippen LogP contribution in [0.25, 0.3) is 0 Å². The molecule has 0 saturated heterocycles. The summed E-state index contributed by atoms with van der Waals surface area (Å²) in [5.41, 5.74) is 19.1. The molecule has 328 valence electrons. The molecule has 5 nitrogen and oxygen atoms in total. The van der Waals surface area contributed by atoms with Gasteiger partial charge in [0, 0.05) is 22.7 Å². The molecule has 0 unspecified atom stereocenters. The molecule has 0 aromatic heterocycles. The van der Waals surface area contributed by atoms with E-state index in [9.17, 15) is 0 Å². The van der Waals surface area contributed by atoms with Gasteiger partial charge in [0.05, 0.1) is 62.6 Å². The SMILES string of the molecule is CC(C)(C)c1ccc(N2c3ccccc3N(c3cc(N(c4ccccc4)c4ccccc4)cc(N4c5ccccc5N(c5ccc(C(C)(C)C)cc5)c5ccccc54)c3)c3ccccc32)cc1. The van der Waals surface area contributed by atoms with Crippen molar-refractivity contribution in [1.82, 2.24) is 0 Å². The van der Waals surface area contributed by atoms with Gasteiger partial charge in [0.25, 0.3) is 0 Å². The molecule has 0 fully saturated rings. The van der Waals surface area contributed by atoms with Crippen LogP contribution in [0, 0.1) is 0 Å². The minimum absolute atomic E-state index is 0.0501. The molecule has 11 rings (SSSR count). The average molecular weight is 870 g/mol. The molecular weight excluding hydrogens is 815 g/mol. The van der Waals surface area contributed by atoms with Gasteiger partial charge in [-0.05, 0) is 137 Å². The molecule has 9 aromatic rings. The van der Waals surface area contributed by atoms with E-state index in [1.54, 1.807) is 0 Å². The van der Waals surface area contributed by atoms with Crippen LogP contribution < -0.4 is 24.5 Å². The molecular formula is C62H55N5. The normalized spacial score (nSPS) is 13.1. The molecule has 0 saturated carbocycles. The third kappa shape index (κ3) is 7.47. The molecule has 2 heterocycles. The van der Waals surface area contributed by atoms with Gasteiger partial charge in [0.15, 0.2) is 0 Å². The third-order valence-electron chi connectivity index (χ3n) is 13.1. The highest BCUT2D eigenvalue weighted by Crippen LogP contribution is 2.58. The van der Waals surface area contributed by atoms with Gasteiger partial charge in [0.1, 0.15) is 0 Å². The summed E-state index contributed by atoms with van der Waals surface area (Å²) in [6.07, 6.45) is 0. The fourth-order valence-electron chi connectivity index (χ4n) is 9.79. The summed E-state index contributed by atoms with van der Waals surface area (Å²) in [5.74, 6) is 0. The largest absolute Gasteiger partial charge is 0.310 e. The van der Waals surface area contributed by atoms with Gasteiger partial charge in [0.2, 0.25) is 0 Å². The Hall–Kier alpha value is -8.02. The van der Waals surface area contributed by atoms with Crippen LogP contribution in [-0.2, 0) is 10.8 Å². The monoisotopic (exact) mass is 869 g/mol. The number of benzene rings is 9. The lowest BCUT2D eigenvalue weighted by atomic mass is 9.87. The van der Waals surface area contributed by atoms with E-state index in [4.69, 9.17) is 0 Å². The summed E-state index contributed by atoms with van der Waals surface area (Å²) in [5, 5.41) is 0. The van der Waals surface area contributed by atoms with Crippen LogP contribution in [0.5, 0.6) is 0 Å². The van der Waals surface area contributed by atoms with Crippen molar-refractivity contribution in [2.45, 2.75) is 52.4 Å². The van der Waals surface area contributed by atoms with Crippen LogP contribution >= 0.6 is 0 Å². The van der Waals surface area contributed by atoms with Crippen molar-refractivity contribution in [1.29, 1.82) is 0 Å². The van der Waals surface area contributed by atoms with Crippen LogP contribution in [0.1, 0.15) is 52.7 Å². The predicted molar refractivity (Wildman–Crippen MR) is 284 cm³/mol. The number of fused-ring (bicyclic) bond motifs is 4. The summed E-state index contributed by atoms with van der Waals surface area (Å²) in [6, 6.07) is 82.0. The van der Waals surface area contributed by atoms with Crippen molar-refractivity contribution in [3.8, 4) is 0 Å². The Bertz CT molecular complexity index is 2910. The van der Waals surface area contributed by atoms with Crippen molar-refractivity contribution >= 4 is 85.3 Å². The van der Waals surface area contributed by atoms with Crippen LogP contribution in [-0.4, -0.2) is 0 Å². The highest BCUT2D eigenvalue weighted by molar-refractivity contribution is 6.05. The minimum Gasteiger partial charge on any atom is -0.310 e. The van der Waals surface area contributed by atoms with Crippen molar-refractivity contribution in [2.24, 2.45) is 0 Å². The molecule has 0 aliphatic carbocycles. The van der Waals surface area contributed by atoms with Gasteiger partial charge < -0.3 is 24.5 Å². The second-order valence-electron chi connectivity index (χ2n) is 19.6. The minimum atomic E-state index is 0.0501. The Morgan fingerprint density at radius 2 is 0.507 bits per heavy atom. The van der Waals surface area contributed by atoms with E-state index in [1.165, 1.54) is 11.1 Å². The van der Waals surface area contributed by atoms with Crippen LogP contribution in [0.4, 0.5) is 85.3 Å². The summed E-state index contributed by atoms with van der Waals surface area (Å²) < 4.78 is 0. The van der Waals surface area contributed by atoms with Crippen molar-refractivity contribution in [2.75, 3.05) is 24.5 Å². The lowest BCUT2D eigenvalue weighted by Crippen LogP contribution is -2.26. The van der Waals surface area contributed by atoms with E-state index < -0.39 is 0 Å². The number of nitrogens with zero attached hydrogens (tertiary/aromatic N) is 5. The molecule has 0 radical (unpaired) electrons. The molecule has 9 aromatic carbocycles. The lowest BCUT2D eigenvalue weighted by molar-refractivity contribution is 0.590. The first-order valence-corrected chi connectivity index (χ1v) is 23.4. The van der Waals surface area contributed by atoms with Crippen molar-refractivity contribution < 1.29 is 0 Å². The number of anilines is 15. The first-order valence-electron chi connectivity index (χ1n) is 23.4. The van der Waals surface area contributed by atoms with Gasteiger partial charge in [-0.25, -0.2) is 0 Å². The quantitative estimate of drug-likeness (QED) is 0.158. The van der Waals surface area contributed by atoms with Gasteiger partial charge in [-0.3, -0.25) is 0 Å². The highest BCUT2D eigenvalue weighted by Gasteiger charge is 2.34. The number of para-hydroxylation sites is 10. The van der Waals surface area contributed by atoms with Crippen LogP contribution in [0.3, 0.4) is 0 Å². The molecule has 0 spiro atoms. The van der Waals surface area contributed by atoms with Crippen molar-refractivity contribution in [3.63, 3.8) is 0 Å². The van der Waals surface area contributed by atoms with Gasteiger partial charge >= 0.3 is 0 Å². The molecule has 2 aliphatic rings. The zero-order valence-corrected chi connectivity index (χ0v) is 39.1. The maximum atomic E-state index is 2.46. The van der Waals surface area contributed by atoms with E-state index in [-0.39, 0.29) is 10.8 Å². The fraction of sp³-hybridized carbons (Fsp3) is 0.129. The number of rotatable bonds is 7. The summed E-state index contributed by atoms with van der Waals surface area (Å²) >= 11 is 0. The molecule has 0 atom stereocenters. The van der Waals surface area contributed by atoms with Crippen molar-refractivity contribution in [3.05, 3.63) is 236 Å². The number of hydrogen-bond donors (Lipinski definition) is 0. The summed E-state index contributed by atoms with van der Waals surface area (Å²) in [6.45, 7) is 13.6. The fourth-order valence-corrected chi connectivity index (χ4v) is 9.79. The molecule has 5 heteroatoms. The maximum absolute atomic E-state index is 2.46. The highest BCUT2D eigenvalue weighted by atomic mass is 15.3. The standard InChI is InChI=1S/C62H55N5/c1-61(2,3)44-33-37-48(38-34-44)64-53-25-13-17-29-57(53)66(58-30-18-14-26-54(58)64)51-41-50(63(46-21-9-7-10-22-46)47-23-11-8-12-24-47)42-52(43-51)67-59-31-19-15-27-55(59)65(56-28-16-20-32-60(56)67)49-39-35-45(36-40-49)62(4,5)6/h7-43H,1-6H3. The van der Waals surface area contributed by atoms with Gasteiger partial charge in [-0.2, -0.15) is 0 Å². The van der Waals surface area contributed by atoms with Crippen LogP contribution in [0.15, 0.2) is 224 Å². The second-order valence-corrected chi connectivity index (χ2v) is 19.6. The molecule has 0 amide bonds. The van der Waals surface area contributed by atoms with Gasteiger partial charge in [-0.15, -0.1) is 0 Å². The Balaban J connectivity index is 1.15. The van der Waals surface area contributed by atoms with E-state index >= 15 is 0 Å². The lowest BCUT2D eigenvalue weighted by Gasteiger charge is -2.42. The summed E-state index contributed by atoms with van der Waals surface area (Å²) in [7, 11) is 0. The van der Waals surface area contributed by atoms with E-state index in [0.717, 1.165) is 85.3 Å². The van der Waals surface area contributed by atoms with E-state index in [2.05, 4.69) is 290 Å². The second kappa shape index (κ2) is 16.4. The molecule has 2 aliphatic heterocycles. The Labute approximate surface area is 396 Å².